The third-order valence-electron chi connectivity index (χ3n) is 4.06. The number of hydrogen-bond acceptors (Lipinski definition) is 7. The van der Waals surface area contributed by atoms with Gasteiger partial charge in [0.05, 0.1) is 6.04 Å². The smallest absolute Gasteiger partial charge is 0.412 e. The molecule has 0 spiro atoms. The Balaban J connectivity index is 1.85. The number of amides is 1. The molecule has 1 aromatic carbocycles. The van der Waals surface area contributed by atoms with Crippen molar-refractivity contribution in [2.75, 3.05) is 11.5 Å². The van der Waals surface area contributed by atoms with Gasteiger partial charge in [0.25, 0.3) is 0 Å². The molecule has 1 saturated heterocycles. The minimum absolute atomic E-state index is 0.149. The molecule has 27 heavy (non-hydrogen) atoms. The first kappa shape index (κ1) is 19.9. The fraction of sp³-hybridized carbons (Fsp3) is 0.500. The largest absolute Gasteiger partial charge is 0.507 e. The molecule has 7 nitrogen and oxygen atoms in total. The van der Waals surface area contributed by atoms with Crippen molar-refractivity contribution < 1.29 is 24.5 Å². The van der Waals surface area contributed by atoms with Gasteiger partial charge in [-0.15, -0.1) is 23.5 Å². The lowest BCUT2D eigenvalue weighted by Gasteiger charge is -2.31. The number of thioether (sulfide) groups is 2. The van der Waals surface area contributed by atoms with Crippen molar-refractivity contribution in [3.8, 4) is 5.75 Å². The van der Waals surface area contributed by atoms with Gasteiger partial charge in [-0.05, 0) is 32.9 Å². The second-order valence-electron chi connectivity index (χ2n) is 7.30. The molecule has 9 heteroatoms. The van der Waals surface area contributed by atoms with Crippen LogP contribution >= 0.6 is 23.5 Å². The van der Waals surface area contributed by atoms with Crippen LogP contribution < -0.4 is 0 Å². The lowest BCUT2D eigenvalue weighted by molar-refractivity contribution is -0.142. The van der Waals surface area contributed by atoms with Crippen molar-refractivity contribution >= 4 is 40.6 Å². The van der Waals surface area contributed by atoms with E-state index in [9.17, 15) is 19.8 Å². The van der Waals surface area contributed by atoms with Gasteiger partial charge in [0.15, 0.2) is 0 Å². The number of phenolic OH excluding ortho intramolecular Hbond substituents is 1. The van der Waals surface area contributed by atoms with Gasteiger partial charge in [-0.1, -0.05) is 12.1 Å². The predicted octanol–water partition coefficient (Wildman–Crippen LogP) is 3.02. The van der Waals surface area contributed by atoms with Crippen LogP contribution in [0.2, 0.25) is 0 Å². The Hall–Kier alpha value is -1.87. The van der Waals surface area contributed by atoms with E-state index in [2.05, 4.69) is 4.99 Å². The molecule has 0 unspecified atom stereocenters. The Labute approximate surface area is 166 Å². The molecule has 3 rings (SSSR count). The van der Waals surface area contributed by atoms with Crippen LogP contribution in [0.15, 0.2) is 29.3 Å². The van der Waals surface area contributed by atoms with Gasteiger partial charge in [-0.3, -0.25) is 9.89 Å². The van der Waals surface area contributed by atoms with Crippen molar-refractivity contribution in [1.82, 2.24) is 4.90 Å². The van der Waals surface area contributed by atoms with Gasteiger partial charge in [0.1, 0.15) is 27.8 Å². The van der Waals surface area contributed by atoms with Crippen LogP contribution in [0.4, 0.5) is 4.79 Å². The minimum atomic E-state index is -1.05. The number of rotatable bonds is 3. The number of aliphatic imine (C=N–C) groups is 1. The molecule has 0 radical (unpaired) electrons. The number of nitrogens with zero attached hydrogens (tertiary/aromatic N) is 2. The maximum absolute atomic E-state index is 12.7. The van der Waals surface area contributed by atoms with Crippen LogP contribution in [0, 0.1) is 0 Å². The van der Waals surface area contributed by atoms with E-state index in [1.807, 2.05) is 6.07 Å². The summed E-state index contributed by atoms with van der Waals surface area (Å²) in [6, 6.07) is 5.74. The highest BCUT2D eigenvalue weighted by molar-refractivity contribution is 8.14. The number of benzene rings is 1. The van der Waals surface area contributed by atoms with Crippen LogP contribution in [0.3, 0.4) is 0 Å². The quantitative estimate of drug-likeness (QED) is 0.790. The fourth-order valence-electron chi connectivity index (χ4n) is 2.90. The molecule has 2 aliphatic rings. The van der Waals surface area contributed by atoms with E-state index in [0.717, 1.165) is 0 Å². The normalized spacial score (nSPS) is 25.4. The summed E-state index contributed by atoms with van der Waals surface area (Å²) in [6.45, 7) is 5.25. The molecule has 3 atom stereocenters. The maximum atomic E-state index is 12.7. The van der Waals surface area contributed by atoms with Crippen molar-refractivity contribution in [1.29, 1.82) is 0 Å². The predicted molar refractivity (Wildman–Crippen MR) is 107 cm³/mol. The molecule has 0 aliphatic carbocycles. The van der Waals surface area contributed by atoms with E-state index in [1.165, 1.54) is 28.4 Å². The zero-order valence-corrected chi connectivity index (χ0v) is 16.9. The second kappa shape index (κ2) is 7.63. The summed E-state index contributed by atoms with van der Waals surface area (Å²) >= 11 is 2.89. The molecule has 2 aliphatic heterocycles. The molecule has 1 amide bonds. The van der Waals surface area contributed by atoms with E-state index in [0.29, 0.717) is 22.1 Å². The minimum Gasteiger partial charge on any atom is -0.507 e. The summed E-state index contributed by atoms with van der Waals surface area (Å²) < 4.78 is 5.44. The summed E-state index contributed by atoms with van der Waals surface area (Å²) in [5, 5.41) is 19.8. The number of hydrogen-bond donors (Lipinski definition) is 2. The maximum Gasteiger partial charge on any atom is 0.412 e. The summed E-state index contributed by atoms with van der Waals surface area (Å²) in [5.41, 5.74) is -0.0706. The van der Waals surface area contributed by atoms with E-state index < -0.39 is 29.1 Å². The monoisotopic (exact) mass is 410 g/mol. The van der Waals surface area contributed by atoms with Crippen LogP contribution in [0.1, 0.15) is 26.3 Å². The van der Waals surface area contributed by atoms with Gasteiger partial charge in [-0.25, -0.2) is 9.59 Å². The Morgan fingerprint density at radius 3 is 2.59 bits per heavy atom. The number of aliphatic carboxylic acids is 1. The average Bonchev–Trinajstić information content (AvgIpc) is 3.20. The first-order valence-electron chi connectivity index (χ1n) is 8.52. The Morgan fingerprint density at radius 2 is 1.96 bits per heavy atom. The van der Waals surface area contributed by atoms with Gasteiger partial charge >= 0.3 is 12.1 Å². The van der Waals surface area contributed by atoms with E-state index in [1.54, 1.807) is 39.0 Å². The lowest BCUT2D eigenvalue weighted by atomic mass is 10.2. The first-order valence-corrected chi connectivity index (χ1v) is 10.6. The van der Waals surface area contributed by atoms with Gasteiger partial charge in [0, 0.05) is 17.1 Å². The second-order valence-corrected chi connectivity index (χ2v) is 9.45. The third-order valence-corrected chi connectivity index (χ3v) is 6.56. The number of carbonyl (C=O) groups is 2. The summed E-state index contributed by atoms with van der Waals surface area (Å²) in [5.74, 6) is -0.00301. The number of ether oxygens (including phenoxy) is 1. The fourth-order valence-corrected chi connectivity index (χ4v) is 5.60. The topological polar surface area (TPSA) is 99.4 Å². The Bertz CT molecular complexity index is 777. The SMILES string of the molecule is CC(C)(C)OC(=O)N1[C@@H]([C@@H]2CSC(c3ccccc3O)=N2)SC[C@H]1C(=O)O. The zero-order valence-electron chi connectivity index (χ0n) is 15.3. The van der Waals surface area contributed by atoms with Crippen LogP contribution in [0.25, 0.3) is 0 Å². The van der Waals surface area contributed by atoms with Crippen molar-refractivity contribution in [2.24, 2.45) is 4.99 Å². The van der Waals surface area contributed by atoms with Crippen molar-refractivity contribution in [3.63, 3.8) is 0 Å². The highest BCUT2D eigenvalue weighted by atomic mass is 32.2. The van der Waals surface area contributed by atoms with E-state index >= 15 is 0 Å². The lowest BCUT2D eigenvalue weighted by Crippen LogP contribution is -2.50. The van der Waals surface area contributed by atoms with Crippen LogP contribution in [-0.4, -0.2) is 66.8 Å². The number of carboxylic acids is 1. The highest BCUT2D eigenvalue weighted by Crippen LogP contribution is 2.39. The molecule has 0 saturated carbocycles. The summed E-state index contributed by atoms with van der Waals surface area (Å²) in [4.78, 5) is 30.3. The molecule has 0 bridgehead atoms. The number of aromatic hydroxyl groups is 1. The summed E-state index contributed by atoms with van der Waals surface area (Å²) in [7, 11) is 0. The average molecular weight is 411 g/mol. The van der Waals surface area contributed by atoms with E-state index in [4.69, 9.17) is 4.74 Å². The molecule has 0 aromatic heterocycles. The number of carbonyl (C=O) groups excluding carboxylic acids is 1. The number of phenols is 1. The highest BCUT2D eigenvalue weighted by Gasteiger charge is 2.47. The van der Waals surface area contributed by atoms with Crippen molar-refractivity contribution in [2.45, 2.75) is 43.8 Å². The third kappa shape index (κ3) is 4.35. The van der Waals surface area contributed by atoms with Gasteiger partial charge < -0.3 is 14.9 Å². The molecule has 1 aromatic rings. The molecule has 146 valence electrons. The Kier molecular flexibility index (Phi) is 5.62. The summed E-state index contributed by atoms with van der Waals surface area (Å²) in [6.07, 6.45) is -0.638. The van der Waals surface area contributed by atoms with E-state index in [-0.39, 0.29) is 11.8 Å². The number of para-hydroxylation sites is 1. The molecular formula is C18H22N2O5S2. The van der Waals surface area contributed by atoms with Gasteiger partial charge in [0.2, 0.25) is 0 Å². The molecule has 2 N–H and O–H groups in total. The van der Waals surface area contributed by atoms with Crippen LogP contribution in [-0.2, 0) is 9.53 Å². The standard InChI is InChI=1S/C18H22N2O5S2/c1-18(2,3)25-17(24)20-12(16(22)23)9-27-15(20)11-8-26-14(19-11)10-6-4-5-7-13(10)21/h4-7,11-12,15,21H,8-9H2,1-3H3,(H,22,23)/t11-,12-,15+/m0/s1. The van der Waals surface area contributed by atoms with Crippen molar-refractivity contribution in [3.05, 3.63) is 29.8 Å². The van der Waals surface area contributed by atoms with Crippen LogP contribution in [0.5, 0.6) is 5.75 Å². The van der Waals surface area contributed by atoms with Gasteiger partial charge in [-0.2, -0.15) is 0 Å². The molecule has 2 heterocycles. The number of carboxylic acid groups (broad SMARTS) is 1. The first-order chi connectivity index (χ1) is 12.7. The molecular weight excluding hydrogens is 388 g/mol. The zero-order chi connectivity index (χ0) is 19.8. The Morgan fingerprint density at radius 1 is 1.26 bits per heavy atom. The molecule has 1 fully saturated rings.